The minimum absolute atomic E-state index is 0.00358. The van der Waals surface area contributed by atoms with Gasteiger partial charge in [-0.05, 0) is 24.5 Å². The predicted octanol–water partition coefficient (Wildman–Crippen LogP) is 1.99. The highest BCUT2D eigenvalue weighted by molar-refractivity contribution is 5.98. The molecule has 0 aliphatic carbocycles. The summed E-state index contributed by atoms with van der Waals surface area (Å²) in [5.74, 6) is 0.206. The van der Waals surface area contributed by atoms with Gasteiger partial charge in [-0.3, -0.25) is 9.59 Å². The predicted molar refractivity (Wildman–Crippen MR) is 87.5 cm³/mol. The highest BCUT2D eigenvalue weighted by Gasteiger charge is 2.22. The van der Waals surface area contributed by atoms with Gasteiger partial charge in [0.25, 0.3) is 0 Å². The highest BCUT2D eigenvalue weighted by Crippen LogP contribution is 2.24. The molecule has 5 heteroatoms. The molecule has 2 N–H and O–H groups in total. The van der Waals surface area contributed by atoms with Gasteiger partial charge in [-0.25, -0.2) is 0 Å². The molecule has 5 nitrogen and oxygen atoms in total. The van der Waals surface area contributed by atoms with E-state index in [2.05, 4.69) is 10.6 Å². The maximum absolute atomic E-state index is 12.2. The summed E-state index contributed by atoms with van der Waals surface area (Å²) in [7, 11) is 3.15. The number of allylic oxidation sites excluding steroid dienone is 1. The zero-order valence-electron chi connectivity index (χ0n) is 13.8. The Kier molecular flexibility index (Phi) is 6.63. The van der Waals surface area contributed by atoms with Crippen LogP contribution in [0.5, 0.6) is 5.75 Å². The van der Waals surface area contributed by atoms with Crippen LogP contribution in [0.25, 0.3) is 5.57 Å². The Morgan fingerprint density at radius 2 is 1.86 bits per heavy atom. The van der Waals surface area contributed by atoms with E-state index < -0.39 is 6.04 Å². The summed E-state index contributed by atoms with van der Waals surface area (Å²) in [4.78, 5) is 23.9. The van der Waals surface area contributed by atoms with E-state index in [1.165, 1.54) is 6.08 Å². The monoisotopic (exact) mass is 304 g/mol. The molecule has 0 saturated carbocycles. The van der Waals surface area contributed by atoms with Gasteiger partial charge in [0.05, 0.1) is 7.11 Å². The minimum atomic E-state index is -0.556. The van der Waals surface area contributed by atoms with E-state index in [0.29, 0.717) is 5.75 Å². The van der Waals surface area contributed by atoms with Gasteiger partial charge in [0.15, 0.2) is 0 Å². The van der Waals surface area contributed by atoms with Crippen LogP contribution in [0.3, 0.4) is 0 Å². The van der Waals surface area contributed by atoms with Crippen molar-refractivity contribution in [1.29, 1.82) is 0 Å². The first-order valence-corrected chi connectivity index (χ1v) is 7.24. The fourth-order valence-corrected chi connectivity index (χ4v) is 2.13. The Balaban J connectivity index is 2.91. The molecular weight excluding hydrogens is 280 g/mol. The van der Waals surface area contributed by atoms with Gasteiger partial charge in [0.1, 0.15) is 11.8 Å². The number of carbonyl (C=O) groups excluding carboxylic acids is 2. The van der Waals surface area contributed by atoms with Crippen LogP contribution in [-0.2, 0) is 9.59 Å². The van der Waals surface area contributed by atoms with Crippen LogP contribution in [0.4, 0.5) is 0 Å². The van der Waals surface area contributed by atoms with Crippen molar-refractivity contribution in [2.75, 3.05) is 14.2 Å². The molecule has 2 amide bonds. The first-order valence-electron chi connectivity index (χ1n) is 7.24. The van der Waals surface area contributed by atoms with E-state index >= 15 is 0 Å². The Bertz CT molecular complexity index is 565. The molecule has 120 valence electrons. The van der Waals surface area contributed by atoms with Crippen LogP contribution >= 0.6 is 0 Å². The lowest BCUT2D eigenvalue weighted by molar-refractivity contribution is -0.127. The zero-order chi connectivity index (χ0) is 16.7. The van der Waals surface area contributed by atoms with Crippen LogP contribution in [0.1, 0.15) is 26.3 Å². The van der Waals surface area contributed by atoms with Crippen molar-refractivity contribution >= 4 is 17.4 Å². The molecule has 22 heavy (non-hydrogen) atoms. The molecule has 0 fully saturated rings. The van der Waals surface area contributed by atoms with Crippen LogP contribution in [0.2, 0.25) is 0 Å². The average Bonchev–Trinajstić information content (AvgIpc) is 2.51. The third kappa shape index (κ3) is 4.62. The van der Waals surface area contributed by atoms with E-state index in [4.69, 9.17) is 4.74 Å². The first kappa shape index (κ1) is 17.8. The summed E-state index contributed by atoms with van der Waals surface area (Å²) < 4.78 is 5.29. The van der Waals surface area contributed by atoms with Gasteiger partial charge in [-0.2, -0.15) is 0 Å². The number of hydrogen-bond acceptors (Lipinski definition) is 3. The van der Waals surface area contributed by atoms with E-state index in [1.807, 2.05) is 45.0 Å². The summed E-state index contributed by atoms with van der Waals surface area (Å²) in [6.45, 7) is 5.61. The molecule has 1 atom stereocenters. The molecule has 0 heterocycles. The van der Waals surface area contributed by atoms with Gasteiger partial charge in [0, 0.05) is 18.7 Å². The van der Waals surface area contributed by atoms with Crippen molar-refractivity contribution in [2.45, 2.75) is 26.8 Å². The Morgan fingerprint density at radius 3 is 2.41 bits per heavy atom. The van der Waals surface area contributed by atoms with Crippen molar-refractivity contribution < 1.29 is 14.3 Å². The number of likely N-dealkylation sites (N-methyl/N-ethyl adjacent to an activating group) is 1. The SMILES string of the molecule is CNC(=O)C(NC(=O)C=C(C)c1ccccc1OC)C(C)C. The normalized spacial score (nSPS) is 12.7. The Labute approximate surface area is 131 Å². The van der Waals surface area contributed by atoms with Crippen LogP contribution in [0.15, 0.2) is 30.3 Å². The van der Waals surface area contributed by atoms with Gasteiger partial charge in [0.2, 0.25) is 11.8 Å². The van der Waals surface area contributed by atoms with Crippen LogP contribution < -0.4 is 15.4 Å². The largest absolute Gasteiger partial charge is 0.496 e. The summed E-state index contributed by atoms with van der Waals surface area (Å²) in [6.07, 6.45) is 1.48. The molecule has 0 spiro atoms. The van der Waals surface area contributed by atoms with Gasteiger partial charge >= 0.3 is 0 Å². The third-order valence-electron chi connectivity index (χ3n) is 3.37. The number of hydrogen-bond donors (Lipinski definition) is 2. The molecule has 0 radical (unpaired) electrons. The first-order chi connectivity index (χ1) is 10.4. The summed E-state index contributed by atoms with van der Waals surface area (Å²) in [5.41, 5.74) is 1.62. The second-order valence-corrected chi connectivity index (χ2v) is 5.37. The van der Waals surface area contributed by atoms with E-state index in [0.717, 1.165) is 11.1 Å². The second-order valence-electron chi connectivity index (χ2n) is 5.37. The smallest absolute Gasteiger partial charge is 0.244 e. The van der Waals surface area contributed by atoms with Crippen LogP contribution in [0, 0.1) is 5.92 Å². The zero-order valence-corrected chi connectivity index (χ0v) is 13.8. The summed E-state index contributed by atoms with van der Waals surface area (Å²) in [5, 5.41) is 5.30. The maximum atomic E-state index is 12.2. The molecule has 1 aromatic rings. The van der Waals surface area contributed by atoms with E-state index in [-0.39, 0.29) is 17.7 Å². The standard InChI is InChI=1S/C17H24N2O3/c1-11(2)16(17(21)18-4)19-15(20)10-12(3)13-8-6-7-9-14(13)22-5/h6-11,16H,1-5H3,(H,18,21)(H,19,20). The number of methoxy groups -OCH3 is 1. The number of ether oxygens (including phenoxy) is 1. The lowest BCUT2D eigenvalue weighted by Gasteiger charge is -2.20. The van der Waals surface area contributed by atoms with Crippen molar-refractivity contribution in [2.24, 2.45) is 5.92 Å². The molecule has 0 aliphatic rings. The lowest BCUT2D eigenvalue weighted by atomic mass is 10.0. The average molecular weight is 304 g/mol. The molecule has 1 rings (SSSR count). The number of nitrogens with one attached hydrogen (secondary N) is 2. The van der Waals surface area contributed by atoms with Gasteiger partial charge in [-0.15, -0.1) is 0 Å². The fraction of sp³-hybridized carbons (Fsp3) is 0.412. The van der Waals surface area contributed by atoms with Crippen molar-refractivity contribution in [1.82, 2.24) is 10.6 Å². The topological polar surface area (TPSA) is 67.4 Å². The maximum Gasteiger partial charge on any atom is 0.244 e. The summed E-state index contributed by atoms with van der Waals surface area (Å²) >= 11 is 0. The molecule has 0 saturated heterocycles. The lowest BCUT2D eigenvalue weighted by Crippen LogP contribution is -2.48. The molecular formula is C17H24N2O3. The number of amides is 2. The quantitative estimate of drug-likeness (QED) is 0.790. The molecule has 0 aliphatic heterocycles. The second kappa shape index (κ2) is 8.22. The number of benzene rings is 1. The van der Waals surface area contributed by atoms with Crippen LogP contribution in [-0.4, -0.2) is 32.0 Å². The number of rotatable bonds is 6. The Morgan fingerprint density at radius 1 is 1.23 bits per heavy atom. The van der Waals surface area contributed by atoms with Crippen molar-refractivity contribution in [3.63, 3.8) is 0 Å². The third-order valence-corrected chi connectivity index (χ3v) is 3.37. The van der Waals surface area contributed by atoms with E-state index in [1.54, 1.807) is 14.2 Å². The van der Waals surface area contributed by atoms with Gasteiger partial charge in [-0.1, -0.05) is 32.0 Å². The highest BCUT2D eigenvalue weighted by atomic mass is 16.5. The molecule has 0 aromatic heterocycles. The van der Waals surface area contributed by atoms with Crippen molar-refractivity contribution in [3.8, 4) is 5.75 Å². The molecule has 1 aromatic carbocycles. The van der Waals surface area contributed by atoms with Crippen molar-refractivity contribution in [3.05, 3.63) is 35.9 Å². The fourth-order valence-electron chi connectivity index (χ4n) is 2.13. The van der Waals surface area contributed by atoms with Gasteiger partial charge < -0.3 is 15.4 Å². The summed E-state index contributed by atoms with van der Waals surface area (Å²) in [6, 6.07) is 6.92. The van der Waals surface area contributed by atoms with E-state index in [9.17, 15) is 9.59 Å². The minimum Gasteiger partial charge on any atom is -0.496 e. The number of para-hydroxylation sites is 1. The Hall–Kier alpha value is -2.30. The molecule has 1 unspecified atom stereocenters. The molecule has 0 bridgehead atoms. The number of carbonyl (C=O) groups is 2.